The number of anilines is 1. The number of benzene rings is 1. The van der Waals surface area contributed by atoms with Crippen LogP contribution in [0.5, 0.6) is 0 Å². The standard InChI is InChI=1S/C25H33N5O3.C2H6/c1-16-18(19(22(31)32)33-24(2,3)4)21(29-14-12-25(5,6)13-15-29)30-23(26-16)27-20(28-30)17-10-8-7-9-11-17;1-2/h7-11,19H,12-15H2,1-6H3,(H,31,32);1-2H3. The summed E-state index contributed by atoms with van der Waals surface area (Å²) >= 11 is 0. The molecule has 1 saturated heterocycles. The Balaban J connectivity index is 0.00000167. The Morgan fingerprint density at radius 3 is 2.23 bits per heavy atom. The minimum atomic E-state index is -1.17. The van der Waals surface area contributed by atoms with E-state index in [0.29, 0.717) is 28.7 Å². The summed E-state index contributed by atoms with van der Waals surface area (Å²) in [5.41, 5.74) is 1.60. The maximum atomic E-state index is 12.4. The van der Waals surface area contributed by atoms with Gasteiger partial charge in [-0.2, -0.15) is 9.50 Å². The van der Waals surface area contributed by atoms with Crippen LogP contribution in [0.2, 0.25) is 0 Å². The Bertz CT molecular complexity index is 1160. The Morgan fingerprint density at radius 2 is 1.69 bits per heavy atom. The van der Waals surface area contributed by atoms with E-state index in [0.717, 1.165) is 31.5 Å². The number of aryl methyl sites for hydroxylation is 1. The predicted molar refractivity (Wildman–Crippen MR) is 139 cm³/mol. The molecule has 4 rings (SSSR count). The zero-order chi connectivity index (χ0) is 26.0. The van der Waals surface area contributed by atoms with E-state index >= 15 is 0 Å². The lowest BCUT2D eigenvalue weighted by Gasteiger charge is -2.39. The van der Waals surface area contributed by atoms with E-state index in [1.165, 1.54) is 0 Å². The van der Waals surface area contributed by atoms with Crippen LogP contribution < -0.4 is 4.90 Å². The largest absolute Gasteiger partial charge is 0.479 e. The van der Waals surface area contributed by atoms with E-state index in [4.69, 9.17) is 9.84 Å². The van der Waals surface area contributed by atoms with Crippen LogP contribution in [0.15, 0.2) is 30.3 Å². The minimum absolute atomic E-state index is 0.240. The molecule has 190 valence electrons. The number of carbonyl (C=O) groups is 1. The van der Waals surface area contributed by atoms with Crippen LogP contribution in [0.4, 0.5) is 5.82 Å². The Morgan fingerprint density at radius 1 is 1.09 bits per heavy atom. The van der Waals surface area contributed by atoms with Crippen molar-refractivity contribution in [2.45, 2.75) is 79.9 Å². The molecule has 1 fully saturated rings. The molecule has 0 bridgehead atoms. The molecule has 8 nitrogen and oxygen atoms in total. The number of aliphatic carboxylic acids is 1. The second-order valence-electron chi connectivity index (χ2n) is 10.5. The van der Waals surface area contributed by atoms with Crippen molar-refractivity contribution >= 4 is 17.6 Å². The SMILES string of the molecule is CC.Cc1nc2nc(-c3ccccc3)nn2c(N2CCC(C)(C)CC2)c1C(OC(C)(C)C)C(=O)O. The second-order valence-corrected chi connectivity index (χ2v) is 10.5. The van der Waals surface area contributed by atoms with Crippen molar-refractivity contribution in [2.75, 3.05) is 18.0 Å². The lowest BCUT2D eigenvalue weighted by atomic mass is 9.82. The van der Waals surface area contributed by atoms with Crippen molar-refractivity contribution in [3.63, 3.8) is 0 Å². The summed E-state index contributed by atoms with van der Waals surface area (Å²) in [6, 6.07) is 9.73. The van der Waals surface area contributed by atoms with Crippen molar-refractivity contribution in [3.05, 3.63) is 41.6 Å². The normalized spacial score (nSPS) is 16.5. The number of hydrogen-bond acceptors (Lipinski definition) is 6. The van der Waals surface area contributed by atoms with Crippen LogP contribution in [0.25, 0.3) is 17.2 Å². The number of fused-ring (bicyclic) bond motifs is 1. The molecule has 1 atom stereocenters. The van der Waals surface area contributed by atoms with Gasteiger partial charge in [-0.15, -0.1) is 5.10 Å². The highest BCUT2D eigenvalue weighted by molar-refractivity contribution is 5.78. The number of piperidine rings is 1. The van der Waals surface area contributed by atoms with Crippen molar-refractivity contribution in [2.24, 2.45) is 5.41 Å². The van der Waals surface area contributed by atoms with Crippen molar-refractivity contribution in [3.8, 4) is 11.4 Å². The monoisotopic (exact) mass is 481 g/mol. The molecule has 1 aromatic carbocycles. The molecule has 0 radical (unpaired) electrons. The highest BCUT2D eigenvalue weighted by atomic mass is 16.5. The maximum Gasteiger partial charge on any atom is 0.337 e. The summed E-state index contributed by atoms with van der Waals surface area (Å²) in [7, 11) is 0. The van der Waals surface area contributed by atoms with E-state index in [-0.39, 0.29) is 5.41 Å². The first-order chi connectivity index (χ1) is 16.5. The molecule has 1 aliphatic rings. The number of aromatic nitrogens is 4. The zero-order valence-electron chi connectivity index (χ0n) is 22.3. The highest BCUT2D eigenvalue weighted by Gasteiger charge is 2.36. The van der Waals surface area contributed by atoms with Gasteiger partial charge < -0.3 is 14.7 Å². The first kappa shape index (κ1) is 26.6. The molecule has 0 saturated carbocycles. The molecule has 1 N–H and O–H groups in total. The third-order valence-electron chi connectivity index (χ3n) is 6.10. The van der Waals surface area contributed by atoms with Gasteiger partial charge in [0.05, 0.1) is 16.9 Å². The van der Waals surface area contributed by atoms with Crippen molar-refractivity contribution < 1.29 is 14.6 Å². The van der Waals surface area contributed by atoms with Gasteiger partial charge in [-0.1, -0.05) is 58.0 Å². The smallest absolute Gasteiger partial charge is 0.337 e. The first-order valence-corrected chi connectivity index (χ1v) is 12.4. The Kier molecular flexibility index (Phi) is 7.84. The third kappa shape index (κ3) is 5.99. The van der Waals surface area contributed by atoms with Gasteiger partial charge in [-0.3, -0.25) is 0 Å². The molecule has 1 unspecified atom stereocenters. The van der Waals surface area contributed by atoms with E-state index < -0.39 is 17.7 Å². The first-order valence-electron chi connectivity index (χ1n) is 12.4. The van der Waals surface area contributed by atoms with Crippen molar-refractivity contribution in [1.29, 1.82) is 0 Å². The van der Waals surface area contributed by atoms with Gasteiger partial charge in [0.15, 0.2) is 11.9 Å². The quantitative estimate of drug-likeness (QED) is 0.500. The molecule has 35 heavy (non-hydrogen) atoms. The second kappa shape index (κ2) is 10.3. The Hall–Kier alpha value is -3.00. The molecular weight excluding hydrogens is 442 g/mol. The minimum Gasteiger partial charge on any atom is -0.479 e. The lowest BCUT2D eigenvalue weighted by Crippen LogP contribution is -2.40. The van der Waals surface area contributed by atoms with Gasteiger partial charge in [0, 0.05) is 18.7 Å². The summed E-state index contributed by atoms with van der Waals surface area (Å²) in [5, 5.41) is 14.9. The summed E-state index contributed by atoms with van der Waals surface area (Å²) in [6.07, 6.45) is 0.817. The summed E-state index contributed by atoms with van der Waals surface area (Å²) in [4.78, 5) is 24.0. The number of rotatable bonds is 5. The average Bonchev–Trinajstić information content (AvgIpc) is 3.22. The van der Waals surface area contributed by atoms with Crippen molar-refractivity contribution in [1.82, 2.24) is 19.6 Å². The molecule has 2 aromatic heterocycles. The molecule has 8 heteroatoms. The molecule has 3 heterocycles. The summed E-state index contributed by atoms with van der Waals surface area (Å²) in [6.45, 7) is 17.5. The average molecular weight is 482 g/mol. The van der Waals surface area contributed by atoms with Crippen LogP contribution in [0.3, 0.4) is 0 Å². The molecular formula is C27H39N5O3. The van der Waals surface area contributed by atoms with Gasteiger partial charge in [-0.05, 0) is 46.0 Å². The Labute approximate surface area is 208 Å². The summed E-state index contributed by atoms with van der Waals surface area (Å²) < 4.78 is 7.75. The van der Waals surface area contributed by atoms with Crippen LogP contribution in [0, 0.1) is 12.3 Å². The van der Waals surface area contributed by atoms with Gasteiger partial charge in [0.25, 0.3) is 5.78 Å². The number of carboxylic acids is 1. The number of carboxylic acid groups (broad SMARTS) is 1. The molecule has 1 aliphatic heterocycles. The third-order valence-corrected chi connectivity index (χ3v) is 6.10. The van der Waals surface area contributed by atoms with Gasteiger partial charge >= 0.3 is 5.97 Å². The molecule has 0 aliphatic carbocycles. The molecule has 0 spiro atoms. The topological polar surface area (TPSA) is 92.9 Å². The van der Waals surface area contributed by atoms with Crippen LogP contribution in [-0.2, 0) is 9.53 Å². The lowest BCUT2D eigenvalue weighted by molar-refractivity contribution is -0.160. The van der Waals surface area contributed by atoms with Crippen LogP contribution in [0.1, 0.15) is 78.7 Å². The number of hydrogen-bond donors (Lipinski definition) is 1. The summed E-state index contributed by atoms with van der Waals surface area (Å²) in [5.74, 6) is 0.673. The van der Waals surface area contributed by atoms with Gasteiger partial charge in [0.1, 0.15) is 5.82 Å². The fourth-order valence-corrected chi connectivity index (χ4v) is 4.24. The fourth-order valence-electron chi connectivity index (χ4n) is 4.24. The zero-order valence-corrected chi connectivity index (χ0v) is 22.3. The van der Waals surface area contributed by atoms with Gasteiger partial charge in [0.2, 0.25) is 0 Å². The van der Waals surface area contributed by atoms with E-state index in [1.54, 1.807) is 4.52 Å². The van der Waals surface area contributed by atoms with Gasteiger partial charge in [-0.25, -0.2) is 9.78 Å². The van der Waals surface area contributed by atoms with E-state index in [9.17, 15) is 9.90 Å². The number of nitrogens with zero attached hydrogens (tertiary/aromatic N) is 5. The van der Waals surface area contributed by atoms with E-state index in [2.05, 4.69) is 28.7 Å². The molecule has 3 aromatic rings. The predicted octanol–water partition coefficient (Wildman–Crippen LogP) is 5.69. The fraction of sp³-hybridized carbons (Fsp3) is 0.556. The highest BCUT2D eigenvalue weighted by Crippen LogP contribution is 2.38. The van der Waals surface area contributed by atoms with Crippen LogP contribution >= 0.6 is 0 Å². The maximum absolute atomic E-state index is 12.4. The molecule has 0 amide bonds. The number of ether oxygens (including phenoxy) is 1. The van der Waals surface area contributed by atoms with E-state index in [1.807, 2.05) is 71.9 Å². The van der Waals surface area contributed by atoms with Crippen LogP contribution in [-0.4, -0.2) is 49.3 Å².